The number of benzene rings is 2. The monoisotopic (exact) mass is 442 g/mol. The fourth-order valence-electron chi connectivity index (χ4n) is 3.43. The van der Waals surface area contributed by atoms with Crippen molar-refractivity contribution in [2.75, 3.05) is 5.32 Å². The lowest BCUT2D eigenvalue weighted by Gasteiger charge is -2.18. The highest BCUT2D eigenvalue weighted by Gasteiger charge is 2.20. The Bertz CT molecular complexity index is 1260. The molecule has 1 atom stereocenters. The molecule has 0 unspecified atom stereocenters. The Kier molecular flexibility index (Phi) is 5.78. The minimum Gasteiger partial charge on any atom is -0.363 e. The fourth-order valence-corrected chi connectivity index (χ4v) is 3.67. The van der Waals surface area contributed by atoms with Crippen molar-refractivity contribution in [1.82, 2.24) is 15.0 Å². The topological polar surface area (TPSA) is 50.7 Å². The third-order valence-corrected chi connectivity index (χ3v) is 5.29. The van der Waals surface area contributed by atoms with Crippen molar-refractivity contribution in [2.24, 2.45) is 0 Å². The van der Waals surface area contributed by atoms with Gasteiger partial charge in [-0.15, -0.1) is 0 Å². The average molecular weight is 443 g/mol. The maximum Gasteiger partial charge on any atom is 0.266 e. The van der Waals surface area contributed by atoms with Gasteiger partial charge in [-0.25, -0.2) is 28.1 Å². The molecular weight excluding hydrogens is 425 g/mol. The van der Waals surface area contributed by atoms with E-state index in [0.29, 0.717) is 27.7 Å². The second-order valence-corrected chi connectivity index (χ2v) is 7.52. The predicted octanol–water partition coefficient (Wildman–Crippen LogP) is 6.90. The number of aromatic nitrogens is 3. The van der Waals surface area contributed by atoms with E-state index in [1.807, 2.05) is 24.3 Å². The first-order valence-electron chi connectivity index (χ1n) is 9.57. The molecular formula is C23H18ClF3N4. The Morgan fingerprint density at radius 1 is 1.00 bits per heavy atom. The van der Waals surface area contributed by atoms with Crippen molar-refractivity contribution in [3.8, 4) is 11.1 Å². The average Bonchev–Trinajstić information content (AvgIpc) is 2.73. The van der Waals surface area contributed by atoms with Gasteiger partial charge >= 0.3 is 0 Å². The van der Waals surface area contributed by atoms with Crippen LogP contribution in [0.25, 0.3) is 22.2 Å². The zero-order valence-electron chi connectivity index (χ0n) is 16.7. The Morgan fingerprint density at radius 3 is 2.48 bits per heavy atom. The van der Waals surface area contributed by atoms with Gasteiger partial charge in [-0.05, 0) is 26.0 Å². The van der Waals surface area contributed by atoms with Gasteiger partial charge in [-0.2, -0.15) is 0 Å². The SMILES string of the molecule is Cc1nc(N[C@H](C)c2cccc(C(F)F)c2F)c2cc(-c3ccccc3Cl)cnc2n1. The third-order valence-electron chi connectivity index (χ3n) is 4.96. The van der Waals surface area contributed by atoms with Crippen LogP contribution < -0.4 is 5.32 Å². The van der Waals surface area contributed by atoms with Gasteiger partial charge in [0, 0.05) is 27.9 Å². The number of anilines is 1. The van der Waals surface area contributed by atoms with Crippen LogP contribution in [-0.2, 0) is 0 Å². The van der Waals surface area contributed by atoms with Gasteiger partial charge in [0.05, 0.1) is 17.0 Å². The molecule has 0 fully saturated rings. The predicted molar refractivity (Wildman–Crippen MR) is 116 cm³/mol. The quantitative estimate of drug-likeness (QED) is 0.365. The van der Waals surface area contributed by atoms with Crippen LogP contribution >= 0.6 is 11.6 Å². The van der Waals surface area contributed by atoms with Crippen molar-refractivity contribution < 1.29 is 13.2 Å². The number of hydrogen-bond acceptors (Lipinski definition) is 4. The van der Waals surface area contributed by atoms with E-state index < -0.39 is 23.8 Å². The highest BCUT2D eigenvalue weighted by molar-refractivity contribution is 6.33. The molecule has 31 heavy (non-hydrogen) atoms. The standard InChI is InChI=1S/C23H18ClF3N4/c1-12(15-7-5-8-17(20(15)25)21(26)27)29-23-18-10-14(16-6-3-4-9-19(16)24)11-28-22(18)30-13(2)31-23/h3-12,21H,1-2H3,(H,28,29,30,31)/t12-/m1/s1. The van der Waals surface area contributed by atoms with Crippen LogP contribution in [0.5, 0.6) is 0 Å². The van der Waals surface area contributed by atoms with E-state index in [4.69, 9.17) is 11.6 Å². The van der Waals surface area contributed by atoms with Crippen molar-refractivity contribution in [1.29, 1.82) is 0 Å². The molecule has 0 saturated carbocycles. The van der Waals surface area contributed by atoms with Gasteiger partial charge in [0.15, 0.2) is 5.65 Å². The van der Waals surface area contributed by atoms with E-state index in [1.165, 1.54) is 12.1 Å². The molecule has 4 nitrogen and oxygen atoms in total. The molecule has 0 amide bonds. The fraction of sp³-hybridized carbons (Fsp3) is 0.174. The van der Waals surface area contributed by atoms with E-state index in [-0.39, 0.29) is 5.56 Å². The van der Waals surface area contributed by atoms with E-state index in [0.717, 1.165) is 17.2 Å². The van der Waals surface area contributed by atoms with Crippen LogP contribution in [0.15, 0.2) is 54.7 Å². The molecule has 2 aromatic carbocycles. The highest BCUT2D eigenvalue weighted by atomic mass is 35.5. The molecule has 4 aromatic rings. The number of fused-ring (bicyclic) bond motifs is 1. The maximum absolute atomic E-state index is 14.6. The molecule has 0 saturated heterocycles. The summed E-state index contributed by atoms with van der Waals surface area (Å²) >= 11 is 6.32. The number of pyridine rings is 1. The minimum absolute atomic E-state index is 0.123. The van der Waals surface area contributed by atoms with Gasteiger partial charge in [-0.1, -0.05) is 48.0 Å². The zero-order chi connectivity index (χ0) is 22.1. The van der Waals surface area contributed by atoms with Crippen LogP contribution in [0.4, 0.5) is 19.0 Å². The molecule has 0 aliphatic carbocycles. The summed E-state index contributed by atoms with van der Waals surface area (Å²) in [6.07, 6.45) is -1.22. The summed E-state index contributed by atoms with van der Waals surface area (Å²) in [7, 11) is 0. The summed E-state index contributed by atoms with van der Waals surface area (Å²) in [5.74, 6) is -0.0253. The number of nitrogens with one attached hydrogen (secondary N) is 1. The molecule has 8 heteroatoms. The largest absolute Gasteiger partial charge is 0.363 e. The molecule has 0 spiro atoms. The molecule has 0 bridgehead atoms. The number of nitrogens with zero attached hydrogens (tertiary/aromatic N) is 3. The molecule has 0 aliphatic heterocycles. The second kappa shape index (κ2) is 8.51. The summed E-state index contributed by atoms with van der Waals surface area (Å²) in [6, 6.07) is 12.6. The lowest BCUT2D eigenvalue weighted by atomic mass is 10.0. The number of aryl methyl sites for hydroxylation is 1. The van der Waals surface area contributed by atoms with Crippen molar-refractivity contribution in [2.45, 2.75) is 26.3 Å². The van der Waals surface area contributed by atoms with E-state index in [1.54, 1.807) is 26.1 Å². The lowest BCUT2D eigenvalue weighted by Crippen LogP contribution is -2.12. The molecule has 0 radical (unpaired) electrons. The maximum atomic E-state index is 14.6. The first kappa shape index (κ1) is 21.1. The zero-order valence-corrected chi connectivity index (χ0v) is 17.5. The number of halogens is 4. The molecule has 0 aliphatic rings. The molecule has 158 valence electrons. The number of alkyl halides is 2. The second-order valence-electron chi connectivity index (χ2n) is 7.11. The Morgan fingerprint density at radius 2 is 1.74 bits per heavy atom. The van der Waals surface area contributed by atoms with Gasteiger partial charge in [0.2, 0.25) is 0 Å². The van der Waals surface area contributed by atoms with Crippen LogP contribution in [0.1, 0.15) is 36.3 Å². The van der Waals surface area contributed by atoms with Gasteiger partial charge in [-0.3, -0.25) is 0 Å². The van der Waals surface area contributed by atoms with E-state index in [2.05, 4.69) is 20.3 Å². The minimum atomic E-state index is -2.89. The molecule has 1 N–H and O–H groups in total. The normalized spacial score (nSPS) is 12.4. The van der Waals surface area contributed by atoms with Gasteiger partial charge < -0.3 is 5.32 Å². The van der Waals surface area contributed by atoms with E-state index >= 15 is 0 Å². The number of rotatable bonds is 5. The third kappa shape index (κ3) is 4.18. The first-order chi connectivity index (χ1) is 14.8. The molecule has 4 rings (SSSR count). The summed E-state index contributed by atoms with van der Waals surface area (Å²) in [5, 5.41) is 4.32. The Labute approximate surface area is 182 Å². The highest BCUT2D eigenvalue weighted by Crippen LogP contribution is 2.33. The van der Waals surface area contributed by atoms with Crippen molar-refractivity contribution >= 4 is 28.5 Å². The van der Waals surface area contributed by atoms with Gasteiger partial charge in [0.25, 0.3) is 6.43 Å². The summed E-state index contributed by atoms with van der Waals surface area (Å²) < 4.78 is 40.8. The first-order valence-corrected chi connectivity index (χ1v) is 9.95. The number of hydrogen-bond donors (Lipinski definition) is 1. The van der Waals surface area contributed by atoms with Crippen molar-refractivity contribution in [3.63, 3.8) is 0 Å². The smallest absolute Gasteiger partial charge is 0.266 e. The van der Waals surface area contributed by atoms with Crippen LogP contribution in [-0.4, -0.2) is 15.0 Å². The van der Waals surface area contributed by atoms with Crippen molar-refractivity contribution in [3.05, 3.63) is 82.5 Å². The van der Waals surface area contributed by atoms with Crippen LogP contribution in [0.2, 0.25) is 5.02 Å². The van der Waals surface area contributed by atoms with Crippen LogP contribution in [0.3, 0.4) is 0 Å². The Hall–Kier alpha value is -3.19. The summed E-state index contributed by atoms with van der Waals surface area (Å²) in [6.45, 7) is 3.40. The molecule has 2 heterocycles. The van der Waals surface area contributed by atoms with Gasteiger partial charge in [0.1, 0.15) is 17.5 Å². The summed E-state index contributed by atoms with van der Waals surface area (Å²) in [5.41, 5.74) is 1.52. The van der Waals surface area contributed by atoms with E-state index in [9.17, 15) is 13.2 Å². The Balaban J connectivity index is 1.78. The molecule has 2 aromatic heterocycles. The van der Waals surface area contributed by atoms with Crippen LogP contribution in [0, 0.1) is 12.7 Å². The lowest BCUT2D eigenvalue weighted by molar-refractivity contribution is 0.146. The summed E-state index contributed by atoms with van der Waals surface area (Å²) in [4.78, 5) is 13.2.